The summed E-state index contributed by atoms with van der Waals surface area (Å²) < 4.78 is 2.03. The van der Waals surface area contributed by atoms with Crippen molar-refractivity contribution in [2.75, 3.05) is 6.61 Å². The van der Waals surface area contributed by atoms with Crippen molar-refractivity contribution < 1.29 is 9.90 Å². The molecule has 1 aromatic heterocycles. The molecule has 136 valence electrons. The number of nitrogens with one attached hydrogen (secondary N) is 1. The largest absolute Gasteiger partial charge is 0.394 e. The molecule has 5 nitrogen and oxygen atoms in total. The first kappa shape index (κ1) is 18.4. The Morgan fingerprint density at radius 3 is 2.62 bits per heavy atom. The van der Waals surface area contributed by atoms with E-state index in [0.717, 1.165) is 16.6 Å². The number of hydrogen-bond acceptors (Lipinski definition) is 3. The summed E-state index contributed by atoms with van der Waals surface area (Å²) in [5, 5.41) is 13.0. The smallest absolute Gasteiger partial charge is 0.251 e. The van der Waals surface area contributed by atoms with Crippen LogP contribution in [0.2, 0.25) is 5.02 Å². The number of hydrogen-bond donors (Lipinski definition) is 2. The zero-order valence-electron chi connectivity index (χ0n) is 14.8. The van der Waals surface area contributed by atoms with Crippen LogP contribution in [0.3, 0.4) is 0 Å². The van der Waals surface area contributed by atoms with E-state index >= 15 is 0 Å². The highest BCUT2D eigenvalue weighted by Gasteiger charge is 2.17. The standard InChI is InChI=1S/C20H22ClN3O2/c1-13(2)18(11-25)23-20(26)15-5-8-19-17(9-15)22-12-24(19)10-14-3-6-16(21)7-4-14/h3-9,12-13,18,25H,10-11H2,1-2H3,(H,23,26). The molecule has 0 spiro atoms. The molecule has 0 aliphatic carbocycles. The zero-order chi connectivity index (χ0) is 18.7. The lowest BCUT2D eigenvalue weighted by atomic mass is 10.0. The van der Waals surface area contributed by atoms with Crippen LogP contribution < -0.4 is 5.32 Å². The summed E-state index contributed by atoms with van der Waals surface area (Å²) in [7, 11) is 0. The number of amides is 1. The van der Waals surface area contributed by atoms with Gasteiger partial charge >= 0.3 is 0 Å². The van der Waals surface area contributed by atoms with Gasteiger partial charge in [0.15, 0.2) is 0 Å². The van der Waals surface area contributed by atoms with Crippen LogP contribution in [-0.2, 0) is 6.54 Å². The van der Waals surface area contributed by atoms with Crippen molar-refractivity contribution in [3.8, 4) is 0 Å². The zero-order valence-corrected chi connectivity index (χ0v) is 15.6. The monoisotopic (exact) mass is 371 g/mol. The minimum atomic E-state index is -0.263. The van der Waals surface area contributed by atoms with Gasteiger partial charge in [0.2, 0.25) is 0 Å². The maximum atomic E-state index is 12.4. The molecule has 2 N–H and O–H groups in total. The molecular weight excluding hydrogens is 350 g/mol. The molecule has 0 aliphatic rings. The van der Waals surface area contributed by atoms with E-state index in [9.17, 15) is 9.90 Å². The van der Waals surface area contributed by atoms with Gasteiger partial charge in [0, 0.05) is 17.1 Å². The molecule has 0 saturated heterocycles. The van der Waals surface area contributed by atoms with Crippen LogP contribution in [0.15, 0.2) is 48.8 Å². The SMILES string of the molecule is CC(C)C(CO)NC(=O)c1ccc2c(c1)ncn2Cc1ccc(Cl)cc1. The number of rotatable bonds is 6. The number of halogens is 1. The predicted molar refractivity (Wildman–Crippen MR) is 103 cm³/mol. The molecule has 3 rings (SSSR count). The third kappa shape index (κ3) is 4.06. The second kappa shape index (κ2) is 7.89. The Morgan fingerprint density at radius 2 is 1.96 bits per heavy atom. The molecule has 3 aromatic rings. The highest BCUT2D eigenvalue weighted by atomic mass is 35.5. The lowest BCUT2D eigenvalue weighted by Crippen LogP contribution is -2.41. The quantitative estimate of drug-likeness (QED) is 0.697. The Balaban J connectivity index is 1.80. The normalized spacial score (nSPS) is 12.5. The van der Waals surface area contributed by atoms with E-state index in [-0.39, 0.29) is 24.5 Å². The fourth-order valence-corrected chi connectivity index (χ4v) is 2.92. The average molecular weight is 372 g/mol. The van der Waals surface area contributed by atoms with Crippen LogP contribution in [0.25, 0.3) is 11.0 Å². The molecule has 1 atom stereocenters. The van der Waals surface area contributed by atoms with E-state index in [1.54, 1.807) is 18.5 Å². The Morgan fingerprint density at radius 1 is 1.23 bits per heavy atom. The Hall–Kier alpha value is -2.37. The fraction of sp³-hybridized carbons (Fsp3) is 0.300. The fourth-order valence-electron chi connectivity index (χ4n) is 2.79. The van der Waals surface area contributed by atoms with Gasteiger partial charge < -0.3 is 15.0 Å². The number of imidazole rings is 1. The number of carbonyl (C=O) groups is 1. The van der Waals surface area contributed by atoms with Crippen molar-refractivity contribution in [2.45, 2.75) is 26.4 Å². The van der Waals surface area contributed by atoms with Gasteiger partial charge in [-0.3, -0.25) is 4.79 Å². The van der Waals surface area contributed by atoms with Crippen LogP contribution in [0, 0.1) is 5.92 Å². The summed E-state index contributed by atoms with van der Waals surface area (Å²) in [6, 6.07) is 12.9. The van der Waals surface area contributed by atoms with Gasteiger partial charge in [-0.25, -0.2) is 4.98 Å². The molecule has 0 fully saturated rings. The second-order valence-corrected chi connectivity index (χ2v) is 7.15. The van der Waals surface area contributed by atoms with E-state index in [2.05, 4.69) is 10.3 Å². The maximum absolute atomic E-state index is 12.4. The molecule has 1 unspecified atom stereocenters. The number of fused-ring (bicyclic) bond motifs is 1. The van der Waals surface area contributed by atoms with E-state index in [0.29, 0.717) is 17.1 Å². The number of aromatic nitrogens is 2. The summed E-state index contributed by atoms with van der Waals surface area (Å²) >= 11 is 5.93. The molecule has 6 heteroatoms. The van der Waals surface area contributed by atoms with Gasteiger partial charge in [-0.05, 0) is 41.8 Å². The van der Waals surface area contributed by atoms with Crippen molar-refractivity contribution in [3.63, 3.8) is 0 Å². The summed E-state index contributed by atoms with van der Waals surface area (Å²) in [5.74, 6) is -0.0434. The molecule has 0 bridgehead atoms. The van der Waals surface area contributed by atoms with Gasteiger partial charge in [-0.15, -0.1) is 0 Å². The summed E-state index contributed by atoms with van der Waals surface area (Å²) in [5.41, 5.74) is 3.38. The highest BCUT2D eigenvalue weighted by Crippen LogP contribution is 2.18. The molecule has 0 saturated carbocycles. The highest BCUT2D eigenvalue weighted by molar-refractivity contribution is 6.30. The lowest BCUT2D eigenvalue weighted by molar-refractivity contribution is 0.0897. The van der Waals surface area contributed by atoms with Crippen molar-refractivity contribution in [2.24, 2.45) is 5.92 Å². The van der Waals surface area contributed by atoms with Crippen molar-refractivity contribution in [1.29, 1.82) is 0 Å². The number of aliphatic hydroxyl groups is 1. The molecule has 0 radical (unpaired) electrons. The van der Waals surface area contributed by atoms with Crippen LogP contribution >= 0.6 is 11.6 Å². The van der Waals surface area contributed by atoms with Gasteiger partial charge in [0.1, 0.15) is 0 Å². The third-order valence-corrected chi connectivity index (χ3v) is 4.72. The summed E-state index contributed by atoms with van der Waals surface area (Å²) in [6.07, 6.45) is 1.77. The first-order chi connectivity index (χ1) is 12.5. The van der Waals surface area contributed by atoms with Crippen LogP contribution in [0.5, 0.6) is 0 Å². The molecule has 26 heavy (non-hydrogen) atoms. The molecule has 1 amide bonds. The first-order valence-electron chi connectivity index (χ1n) is 8.59. The Kier molecular flexibility index (Phi) is 5.59. The predicted octanol–water partition coefficient (Wildman–Crippen LogP) is 3.48. The number of aliphatic hydroxyl groups excluding tert-OH is 1. The first-order valence-corrected chi connectivity index (χ1v) is 8.97. The molecule has 0 aliphatic heterocycles. The molecular formula is C20H22ClN3O2. The van der Waals surface area contributed by atoms with E-state index in [1.165, 1.54) is 0 Å². The minimum Gasteiger partial charge on any atom is -0.394 e. The van der Waals surface area contributed by atoms with Gasteiger partial charge in [-0.2, -0.15) is 0 Å². The Labute approximate surface area is 157 Å². The molecule has 1 heterocycles. The van der Waals surface area contributed by atoms with Crippen LogP contribution in [0.4, 0.5) is 0 Å². The third-order valence-electron chi connectivity index (χ3n) is 4.47. The van der Waals surface area contributed by atoms with E-state index in [1.807, 2.05) is 48.7 Å². The number of carbonyl (C=O) groups excluding carboxylic acids is 1. The van der Waals surface area contributed by atoms with Crippen LogP contribution in [0.1, 0.15) is 29.8 Å². The van der Waals surface area contributed by atoms with Crippen molar-refractivity contribution in [1.82, 2.24) is 14.9 Å². The van der Waals surface area contributed by atoms with Gasteiger partial charge in [0.05, 0.1) is 30.0 Å². The summed E-state index contributed by atoms with van der Waals surface area (Å²) in [4.78, 5) is 16.8. The van der Waals surface area contributed by atoms with Gasteiger partial charge in [-0.1, -0.05) is 37.6 Å². The average Bonchev–Trinajstić information content (AvgIpc) is 3.03. The topological polar surface area (TPSA) is 67.2 Å². The lowest BCUT2D eigenvalue weighted by Gasteiger charge is -2.19. The molecule has 2 aromatic carbocycles. The van der Waals surface area contributed by atoms with Gasteiger partial charge in [0.25, 0.3) is 5.91 Å². The van der Waals surface area contributed by atoms with Crippen molar-refractivity contribution in [3.05, 3.63) is 64.9 Å². The minimum absolute atomic E-state index is 0.0820. The van der Waals surface area contributed by atoms with Crippen molar-refractivity contribution >= 4 is 28.5 Å². The van der Waals surface area contributed by atoms with E-state index in [4.69, 9.17) is 11.6 Å². The van der Waals surface area contributed by atoms with E-state index < -0.39 is 0 Å². The maximum Gasteiger partial charge on any atom is 0.251 e. The summed E-state index contributed by atoms with van der Waals surface area (Å²) in [6.45, 7) is 4.52. The van der Waals surface area contributed by atoms with Crippen LogP contribution in [-0.4, -0.2) is 33.2 Å². The number of benzene rings is 2. The second-order valence-electron chi connectivity index (χ2n) is 6.71. The number of nitrogens with zero attached hydrogens (tertiary/aromatic N) is 2. The Bertz CT molecular complexity index is 903.